The van der Waals surface area contributed by atoms with Crippen LogP contribution in [-0.2, 0) is 21.4 Å². The Balaban J connectivity index is 1.87. The molecule has 3 rings (SSSR count). The monoisotopic (exact) mass is 488 g/mol. The van der Waals surface area contributed by atoms with Crippen molar-refractivity contribution in [1.82, 2.24) is 5.32 Å². The van der Waals surface area contributed by atoms with Gasteiger partial charge in [0, 0.05) is 17.0 Å². The van der Waals surface area contributed by atoms with E-state index in [1.165, 1.54) is 30.0 Å². The van der Waals surface area contributed by atoms with Gasteiger partial charge in [0.05, 0.1) is 17.2 Å². The van der Waals surface area contributed by atoms with Crippen LogP contribution in [0.4, 0.5) is 10.1 Å². The lowest BCUT2D eigenvalue weighted by Gasteiger charge is -2.24. The minimum atomic E-state index is -4.04. The van der Waals surface area contributed by atoms with Crippen molar-refractivity contribution in [1.29, 1.82) is 0 Å². The zero-order valence-corrected chi connectivity index (χ0v) is 20.0. The van der Waals surface area contributed by atoms with Crippen LogP contribution in [0.2, 0.25) is 0 Å². The fraction of sp³-hybridized carbons (Fsp3) is 0.208. The van der Waals surface area contributed by atoms with Gasteiger partial charge in [-0.3, -0.25) is 9.10 Å². The quantitative estimate of drug-likeness (QED) is 0.427. The lowest BCUT2D eigenvalue weighted by atomic mass is 10.2. The largest absolute Gasteiger partial charge is 0.494 e. The van der Waals surface area contributed by atoms with Gasteiger partial charge in [-0.1, -0.05) is 18.2 Å². The number of carbonyl (C=O) groups excluding carboxylic acids is 1. The molecule has 0 fully saturated rings. The molecule has 3 aromatic carbocycles. The Hall–Kier alpha value is -3.04. The van der Waals surface area contributed by atoms with Crippen LogP contribution in [0.1, 0.15) is 12.5 Å². The Morgan fingerprint density at radius 3 is 2.30 bits per heavy atom. The second-order valence-corrected chi connectivity index (χ2v) is 9.72. The van der Waals surface area contributed by atoms with Crippen molar-refractivity contribution in [2.75, 3.05) is 23.7 Å². The van der Waals surface area contributed by atoms with Gasteiger partial charge in [0.15, 0.2) is 0 Å². The molecule has 0 unspecified atom stereocenters. The number of ether oxygens (including phenoxy) is 1. The number of nitrogens with zero attached hydrogens (tertiary/aromatic N) is 1. The number of rotatable bonds is 10. The molecule has 9 heteroatoms. The SMILES string of the molecule is CCOc1ccc(N(CC(=O)NCc2ccccc2F)S(=O)(=O)c2ccc(SC)cc2)cc1. The fourth-order valence-corrected chi connectivity index (χ4v) is 4.92. The van der Waals surface area contributed by atoms with Crippen LogP contribution in [0.5, 0.6) is 5.75 Å². The maximum Gasteiger partial charge on any atom is 0.264 e. The minimum absolute atomic E-state index is 0.0505. The number of amides is 1. The lowest BCUT2D eigenvalue weighted by Crippen LogP contribution is -2.40. The average Bonchev–Trinajstić information content (AvgIpc) is 2.83. The highest BCUT2D eigenvalue weighted by atomic mass is 32.2. The summed E-state index contributed by atoms with van der Waals surface area (Å²) in [6, 6.07) is 19.0. The summed E-state index contributed by atoms with van der Waals surface area (Å²) in [5.41, 5.74) is 0.627. The third-order valence-corrected chi connectivity index (χ3v) is 7.34. The predicted octanol–water partition coefficient (Wildman–Crippen LogP) is 4.46. The maximum atomic E-state index is 13.9. The number of hydrogen-bond donors (Lipinski definition) is 1. The Labute approximate surface area is 197 Å². The van der Waals surface area contributed by atoms with Gasteiger partial charge in [0.2, 0.25) is 5.91 Å². The van der Waals surface area contributed by atoms with E-state index in [4.69, 9.17) is 4.74 Å². The molecule has 0 bridgehead atoms. The molecule has 0 aliphatic heterocycles. The van der Waals surface area contributed by atoms with Crippen LogP contribution in [0.3, 0.4) is 0 Å². The van der Waals surface area contributed by atoms with Gasteiger partial charge in [-0.2, -0.15) is 0 Å². The van der Waals surface area contributed by atoms with Gasteiger partial charge in [-0.05, 0) is 67.8 Å². The zero-order valence-electron chi connectivity index (χ0n) is 18.3. The highest BCUT2D eigenvalue weighted by Gasteiger charge is 2.27. The van der Waals surface area contributed by atoms with Crippen molar-refractivity contribution in [3.63, 3.8) is 0 Å². The van der Waals surface area contributed by atoms with Crippen molar-refractivity contribution >= 4 is 33.4 Å². The van der Waals surface area contributed by atoms with E-state index in [1.54, 1.807) is 54.6 Å². The second kappa shape index (κ2) is 11.2. The summed E-state index contributed by atoms with van der Waals surface area (Å²) in [6.07, 6.45) is 1.90. The van der Waals surface area contributed by atoms with Crippen LogP contribution in [0, 0.1) is 5.82 Å². The van der Waals surface area contributed by atoms with Gasteiger partial charge in [0.1, 0.15) is 18.1 Å². The molecule has 174 valence electrons. The molecule has 6 nitrogen and oxygen atoms in total. The Morgan fingerprint density at radius 1 is 1.03 bits per heavy atom. The van der Waals surface area contributed by atoms with Crippen molar-refractivity contribution in [2.45, 2.75) is 23.3 Å². The smallest absolute Gasteiger partial charge is 0.264 e. The highest BCUT2D eigenvalue weighted by Crippen LogP contribution is 2.27. The molecular weight excluding hydrogens is 463 g/mol. The van der Waals surface area contributed by atoms with Crippen molar-refractivity contribution < 1.29 is 22.3 Å². The molecule has 0 aromatic heterocycles. The van der Waals surface area contributed by atoms with E-state index in [2.05, 4.69) is 5.32 Å². The van der Waals surface area contributed by atoms with Gasteiger partial charge < -0.3 is 10.1 Å². The number of carbonyl (C=O) groups is 1. The van der Waals surface area contributed by atoms with Gasteiger partial charge >= 0.3 is 0 Å². The summed E-state index contributed by atoms with van der Waals surface area (Å²) in [5.74, 6) is -0.411. The first-order valence-corrected chi connectivity index (χ1v) is 12.9. The summed E-state index contributed by atoms with van der Waals surface area (Å²) >= 11 is 1.50. The number of hydrogen-bond acceptors (Lipinski definition) is 5. The Kier molecular flexibility index (Phi) is 8.35. The van der Waals surface area contributed by atoms with Gasteiger partial charge in [-0.15, -0.1) is 11.8 Å². The maximum absolute atomic E-state index is 13.9. The van der Waals surface area contributed by atoms with Gasteiger partial charge in [0.25, 0.3) is 10.0 Å². The van der Waals surface area contributed by atoms with E-state index in [0.29, 0.717) is 23.6 Å². The number of anilines is 1. The molecule has 1 amide bonds. The fourth-order valence-electron chi connectivity index (χ4n) is 3.09. The zero-order chi connectivity index (χ0) is 23.8. The van der Waals surface area contributed by atoms with Crippen molar-refractivity contribution in [2.24, 2.45) is 0 Å². The van der Waals surface area contributed by atoms with Gasteiger partial charge in [-0.25, -0.2) is 12.8 Å². The molecule has 0 aliphatic rings. The molecule has 0 aliphatic carbocycles. The molecule has 0 radical (unpaired) electrons. The molecule has 0 saturated carbocycles. The summed E-state index contributed by atoms with van der Waals surface area (Å²) in [4.78, 5) is 13.7. The van der Waals surface area contributed by atoms with Crippen LogP contribution in [-0.4, -0.2) is 33.7 Å². The highest BCUT2D eigenvalue weighted by molar-refractivity contribution is 7.98. The minimum Gasteiger partial charge on any atom is -0.494 e. The van der Waals surface area contributed by atoms with E-state index in [1.807, 2.05) is 13.2 Å². The number of nitrogens with one attached hydrogen (secondary N) is 1. The molecule has 0 saturated heterocycles. The first-order valence-electron chi connectivity index (χ1n) is 10.2. The molecular formula is C24H25FN2O4S2. The summed E-state index contributed by atoms with van der Waals surface area (Å²) < 4.78 is 47.2. The van der Waals surface area contributed by atoms with Crippen LogP contribution < -0.4 is 14.4 Å². The number of halogens is 1. The molecule has 1 N–H and O–H groups in total. The summed E-state index contributed by atoms with van der Waals surface area (Å²) in [6.45, 7) is 1.81. The van der Waals surface area contributed by atoms with Crippen LogP contribution in [0.15, 0.2) is 82.6 Å². The van der Waals surface area contributed by atoms with Crippen molar-refractivity contribution in [3.8, 4) is 5.75 Å². The molecule has 0 spiro atoms. The normalized spacial score (nSPS) is 11.1. The predicted molar refractivity (Wildman–Crippen MR) is 129 cm³/mol. The number of sulfonamides is 1. The average molecular weight is 489 g/mol. The molecule has 33 heavy (non-hydrogen) atoms. The van der Waals surface area contributed by atoms with E-state index in [-0.39, 0.29) is 11.4 Å². The Morgan fingerprint density at radius 2 is 1.70 bits per heavy atom. The summed E-state index contributed by atoms with van der Waals surface area (Å²) in [7, 11) is -4.04. The summed E-state index contributed by atoms with van der Waals surface area (Å²) in [5, 5.41) is 2.60. The standard InChI is InChI=1S/C24H25FN2O4S2/c1-3-31-20-10-8-19(9-11-20)27(33(29,30)22-14-12-21(32-2)13-15-22)17-24(28)26-16-18-6-4-5-7-23(18)25/h4-15H,3,16-17H2,1-2H3,(H,26,28). The third kappa shape index (κ3) is 6.27. The van der Waals surface area contributed by atoms with E-state index in [9.17, 15) is 17.6 Å². The first kappa shape index (κ1) is 24.6. The molecule has 0 heterocycles. The Bertz CT molecular complexity index is 1180. The topological polar surface area (TPSA) is 75.7 Å². The molecule has 0 atom stereocenters. The van der Waals surface area contributed by atoms with E-state index >= 15 is 0 Å². The van der Waals surface area contributed by atoms with E-state index in [0.717, 1.165) is 9.20 Å². The molecule has 3 aromatic rings. The van der Waals surface area contributed by atoms with Crippen LogP contribution >= 0.6 is 11.8 Å². The first-order chi connectivity index (χ1) is 15.8. The van der Waals surface area contributed by atoms with E-state index < -0.39 is 28.3 Å². The number of benzene rings is 3. The lowest BCUT2D eigenvalue weighted by molar-refractivity contribution is -0.119. The van der Waals surface area contributed by atoms with Crippen LogP contribution in [0.25, 0.3) is 0 Å². The second-order valence-electron chi connectivity index (χ2n) is 6.98. The van der Waals surface area contributed by atoms with Crippen molar-refractivity contribution in [3.05, 3.63) is 84.2 Å². The third-order valence-electron chi connectivity index (χ3n) is 4.80. The number of thioether (sulfide) groups is 1.